The zero-order valence-electron chi connectivity index (χ0n) is 32.9. The maximum Gasteiger partial charge on any atom is 0.246 e. The van der Waals surface area contributed by atoms with Crippen molar-refractivity contribution < 1.29 is 0 Å². The van der Waals surface area contributed by atoms with Crippen molar-refractivity contribution in [2.24, 2.45) is 0 Å². The average molecular weight is 752 g/mol. The van der Waals surface area contributed by atoms with E-state index in [1.54, 1.807) is 0 Å². The van der Waals surface area contributed by atoms with Gasteiger partial charge in [0.05, 0.1) is 27.8 Å². The van der Waals surface area contributed by atoms with Crippen molar-refractivity contribution in [1.82, 2.24) is 9.13 Å². The Bertz CT molecular complexity index is 3450. The number of anilines is 3. The highest BCUT2D eigenvalue weighted by Crippen LogP contribution is 2.54. The first-order chi connectivity index (χ1) is 29.0. The summed E-state index contributed by atoms with van der Waals surface area (Å²) in [5.74, 6) is 0. The summed E-state index contributed by atoms with van der Waals surface area (Å²) in [6.45, 7) is 4.85. The van der Waals surface area contributed by atoms with Gasteiger partial charge in [0.25, 0.3) is 0 Å². The molecule has 0 aliphatic carbocycles. The highest BCUT2D eigenvalue weighted by atomic mass is 15.2. The maximum absolute atomic E-state index is 2.61. The molecule has 0 atom stereocenters. The van der Waals surface area contributed by atoms with E-state index in [-0.39, 0.29) is 12.1 Å². The van der Waals surface area contributed by atoms with Gasteiger partial charge in [-0.3, -0.25) is 0 Å². The minimum atomic E-state index is -0.295. The number of rotatable bonds is 3. The van der Waals surface area contributed by atoms with E-state index in [0.717, 1.165) is 0 Å². The van der Waals surface area contributed by atoms with Crippen LogP contribution in [0.2, 0.25) is 0 Å². The van der Waals surface area contributed by atoms with E-state index < -0.39 is 0 Å². The third-order valence-corrected chi connectivity index (χ3v) is 13.5. The van der Waals surface area contributed by atoms with Crippen molar-refractivity contribution in [2.45, 2.75) is 19.3 Å². The fourth-order valence-corrected chi connectivity index (χ4v) is 10.8. The maximum atomic E-state index is 2.61. The fourth-order valence-electron chi connectivity index (χ4n) is 10.8. The minimum absolute atomic E-state index is 0.0184. The molecule has 2 aliphatic rings. The van der Waals surface area contributed by atoms with Gasteiger partial charge in [-0.05, 0) is 99.6 Å². The third kappa shape index (κ3) is 4.43. The second-order valence-corrected chi connectivity index (χ2v) is 16.9. The number of fused-ring (bicyclic) bond motifs is 11. The summed E-state index contributed by atoms with van der Waals surface area (Å²) in [5, 5.41) is 7.60. The zero-order chi connectivity index (χ0) is 39.0. The molecule has 0 saturated carbocycles. The summed E-state index contributed by atoms with van der Waals surface area (Å²) < 4.78 is 4.97. The van der Waals surface area contributed by atoms with E-state index in [1.165, 1.54) is 110 Å². The average Bonchev–Trinajstić information content (AvgIpc) is 3.80. The highest BCUT2D eigenvalue weighted by Gasteiger charge is 2.45. The van der Waals surface area contributed by atoms with Crippen LogP contribution in [0, 0.1) is 0 Å². The van der Waals surface area contributed by atoms with Crippen LogP contribution in [0.25, 0.3) is 65.8 Å². The van der Waals surface area contributed by atoms with Gasteiger partial charge in [-0.25, -0.2) is 0 Å². The van der Waals surface area contributed by atoms with Crippen LogP contribution < -0.4 is 21.3 Å². The van der Waals surface area contributed by atoms with Crippen molar-refractivity contribution in [3.8, 4) is 11.4 Å². The van der Waals surface area contributed by atoms with Crippen molar-refractivity contribution in [1.29, 1.82) is 0 Å². The number of benzene rings is 9. The molecule has 4 heterocycles. The largest absolute Gasteiger partial charge is 0.311 e. The first-order valence-corrected chi connectivity index (χ1v) is 20.7. The van der Waals surface area contributed by atoms with Crippen molar-refractivity contribution in [3.63, 3.8) is 0 Å². The van der Waals surface area contributed by atoms with Crippen molar-refractivity contribution >= 4 is 94.5 Å². The Balaban J connectivity index is 1.17. The molecule has 0 fully saturated rings. The number of aromatic nitrogens is 2. The molecular weight excluding hydrogens is 713 g/mol. The molecule has 4 heteroatoms. The van der Waals surface area contributed by atoms with Crippen molar-refractivity contribution in [2.75, 3.05) is 4.90 Å². The van der Waals surface area contributed by atoms with Gasteiger partial charge >= 0.3 is 0 Å². The molecule has 0 bridgehead atoms. The zero-order valence-corrected chi connectivity index (χ0v) is 32.9. The lowest BCUT2D eigenvalue weighted by atomic mass is 9.34. The second kappa shape index (κ2) is 11.9. The second-order valence-electron chi connectivity index (χ2n) is 16.9. The number of nitrogens with zero attached hydrogens (tertiary/aromatic N) is 3. The molecule has 59 heavy (non-hydrogen) atoms. The molecule has 0 radical (unpaired) electrons. The Morgan fingerprint density at radius 1 is 0.390 bits per heavy atom. The van der Waals surface area contributed by atoms with Crippen LogP contribution in [0.5, 0.6) is 0 Å². The summed E-state index contributed by atoms with van der Waals surface area (Å²) in [5.41, 5.74) is 17.3. The standard InChI is InChI=1S/C55H38BN3/c1-55(2)44-30-35-16-6-7-17-36(35)31-53(44)59-52-29-28-38(57-48-24-12-8-20-40(48)41-21-9-13-25-49(41)57)33-46(52)56(37-18-4-3-5-19-37)47-34-39(32-45(55)54(47)59)58-50-26-14-10-22-42(50)43-23-11-15-27-51(43)58/h3-34H,1-2H3. The molecule has 13 rings (SSSR count). The normalized spacial score (nSPS) is 14.0. The molecule has 0 spiro atoms. The molecule has 0 saturated heterocycles. The van der Waals surface area contributed by atoms with Gasteiger partial charge in [-0.1, -0.05) is 147 Å². The van der Waals surface area contributed by atoms with Crippen LogP contribution in [0.4, 0.5) is 17.1 Å². The summed E-state index contributed by atoms with van der Waals surface area (Å²) in [6, 6.07) is 72.6. The summed E-state index contributed by atoms with van der Waals surface area (Å²) >= 11 is 0. The van der Waals surface area contributed by atoms with Crippen molar-refractivity contribution in [3.05, 3.63) is 205 Å². The molecule has 0 N–H and O–H groups in total. The van der Waals surface area contributed by atoms with Gasteiger partial charge in [-0.15, -0.1) is 0 Å². The first-order valence-electron chi connectivity index (χ1n) is 20.7. The topological polar surface area (TPSA) is 13.1 Å². The SMILES string of the molecule is CC1(C)c2cc3ccccc3cc2N2c3ccc(-n4c5ccccc5c5ccccc54)cc3B(c3ccccc3)c3cc(-n4c5ccccc5c5ccccc54)cc1c32. The monoisotopic (exact) mass is 751 g/mol. The lowest BCUT2D eigenvalue weighted by molar-refractivity contribution is 0.633. The van der Waals surface area contributed by atoms with E-state index in [0.29, 0.717) is 0 Å². The summed E-state index contributed by atoms with van der Waals surface area (Å²) in [7, 11) is 0. The molecule has 0 unspecified atom stereocenters. The molecule has 0 amide bonds. The Hall–Kier alpha value is -7.30. The smallest absolute Gasteiger partial charge is 0.246 e. The van der Waals surface area contributed by atoms with Gasteiger partial charge in [0, 0.05) is 49.7 Å². The minimum Gasteiger partial charge on any atom is -0.311 e. The van der Waals surface area contributed by atoms with E-state index in [4.69, 9.17) is 0 Å². The third-order valence-electron chi connectivity index (χ3n) is 13.5. The van der Waals surface area contributed by atoms with Gasteiger partial charge in [0.2, 0.25) is 6.71 Å². The van der Waals surface area contributed by atoms with Crippen LogP contribution in [0.3, 0.4) is 0 Å². The predicted molar refractivity (Wildman–Crippen MR) is 251 cm³/mol. The Kier molecular flexibility index (Phi) is 6.59. The van der Waals surface area contributed by atoms with Crippen LogP contribution >= 0.6 is 0 Å². The van der Waals surface area contributed by atoms with E-state index in [2.05, 4.69) is 222 Å². The van der Waals surface area contributed by atoms with Gasteiger partial charge in [0.15, 0.2) is 0 Å². The first kappa shape index (κ1) is 32.8. The van der Waals surface area contributed by atoms with Crippen LogP contribution in [-0.4, -0.2) is 15.8 Å². The number of hydrogen-bond donors (Lipinski definition) is 0. The van der Waals surface area contributed by atoms with Gasteiger partial charge in [0.1, 0.15) is 0 Å². The quantitative estimate of drug-likeness (QED) is 0.164. The summed E-state index contributed by atoms with van der Waals surface area (Å²) in [4.78, 5) is 2.61. The predicted octanol–water partition coefficient (Wildman–Crippen LogP) is 12.0. The summed E-state index contributed by atoms with van der Waals surface area (Å²) in [6.07, 6.45) is 0. The Morgan fingerprint density at radius 2 is 0.881 bits per heavy atom. The van der Waals surface area contributed by atoms with Crippen LogP contribution in [0.1, 0.15) is 25.0 Å². The van der Waals surface area contributed by atoms with E-state index in [1.807, 2.05) is 0 Å². The Labute approximate surface area is 343 Å². The van der Waals surface area contributed by atoms with E-state index in [9.17, 15) is 0 Å². The lowest BCUT2D eigenvalue weighted by Gasteiger charge is -2.47. The fraction of sp³-hybridized carbons (Fsp3) is 0.0545. The Morgan fingerprint density at radius 3 is 1.47 bits per heavy atom. The van der Waals surface area contributed by atoms with Crippen LogP contribution in [0.15, 0.2) is 194 Å². The molecule has 11 aromatic rings. The molecular formula is C55H38BN3. The number of para-hydroxylation sites is 4. The van der Waals surface area contributed by atoms with Crippen LogP contribution in [-0.2, 0) is 5.41 Å². The molecule has 2 aromatic heterocycles. The lowest BCUT2D eigenvalue weighted by Crippen LogP contribution is -2.58. The molecule has 3 nitrogen and oxygen atoms in total. The molecule has 276 valence electrons. The van der Waals surface area contributed by atoms with E-state index >= 15 is 0 Å². The van der Waals surface area contributed by atoms with Gasteiger partial charge in [-0.2, -0.15) is 0 Å². The van der Waals surface area contributed by atoms with Gasteiger partial charge < -0.3 is 14.0 Å². The number of hydrogen-bond acceptors (Lipinski definition) is 1. The highest BCUT2D eigenvalue weighted by molar-refractivity contribution is 6.98. The molecule has 2 aliphatic heterocycles. The molecule has 9 aromatic carbocycles.